The molecule has 0 saturated carbocycles. The average molecular weight is 1300 g/mol. The van der Waals surface area contributed by atoms with E-state index in [1.54, 1.807) is 27.7 Å². The van der Waals surface area contributed by atoms with E-state index in [1.807, 2.05) is 103 Å². The molecule has 5 heterocycles. The van der Waals surface area contributed by atoms with Gasteiger partial charge in [0.25, 0.3) is 0 Å². The molecule has 2 aliphatic rings. The summed E-state index contributed by atoms with van der Waals surface area (Å²) >= 11 is 0. The van der Waals surface area contributed by atoms with Crippen molar-refractivity contribution >= 4 is 78.3 Å². The normalized spacial score (nSPS) is 11.7. The zero-order chi connectivity index (χ0) is 64.2. The summed E-state index contributed by atoms with van der Waals surface area (Å²) in [7, 11) is -2.26. The van der Waals surface area contributed by atoms with Gasteiger partial charge in [0.15, 0.2) is 0 Å². The number of hydrogen-bond acceptors (Lipinski definition) is 14. The fourth-order valence-corrected chi connectivity index (χ4v) is 17.0. The molecule has 6 aromatic rings. The number of rotatable bonds is 30. The molecular formula is C73H84N4O12SiZn. The van der Waals surface area contributed by atoms with Gasteiger partial charge < -0.3 is 47.9 Å². The van der Waals surface area contributed by atoms with Gasteiger partial charge in [-0.3, -0.25) is 19.2 Å². The Labute approximate surface area is 549 Å². The van der Waals surface area contributed by atoms with Crippen molar-refractivity contribution in [3.8, 4) is 67.8 Å². The second-order valence-electron chi connectivity index (χ2n) is 22.7. The molecule has 474 valence electrons. The number of carbonyl (C=O) groups excluding carboxylic acids is 4. The molecule has 0 amide bonds. The standard InChI is InChI=1S/C73H84N4O12Si.Zn/c1-11-82-65(78)29-19-42-86-61-25-17-26-62(87-43-20-30-66(79)83-12-2)72(61)70-57-35-33-52(74-57)47-53-34-36-58(75-53)71(73-63(88-44-21-31-67(80)84-13-3)27-18-28-64(73)89-45-22-32-68(81)85-14-4)60-40-38-56(77-60)69(55-37-39-59(70)76-55)54-24-16-15-23-51(54)41-46-90(48(5)6,49(7)8)50(9)10;/h15-18,23-28,33-40,47-50H,11-14,19-22,29-32,42-45H2,1-10H3;/q-2;+2. The van der Waals surface area contributed by atoms with Crippen LogP contribution in [0, 0.1) is 11.5 Å². The molecule has 3 aromatic carbocycles. The first-order valence-corrected chi connectivity index (χ1v) is 33.9. The van der Waals surface area contributed by atoms with Crippen LogP contribution in [0.2, 0.25) is 16.6 Å². The Hall–Kier alpha value is -8.26. The molecule has 0 unspecified atom stereocenters. The topological polar surface area (TPSA) is 196 Å². The fraction of sp³-hybridized carbons (Fsp3) is 0.397. The van der Waals surface area contributed by atoms with Gasteiger partial charge in [-0.1, -0.05) is 108 Å². The molecule has 91 heavy (non-hydrogen) atoms. The van der Waals surface area contributed by atoms with E-state index in [1.165, 1.54) is 0 Å². The second kappa shape index (κ2) is 34.2. The van der Waals surface area contributed by atoms with E-state index < -0.39 is 8.07 Å². The monoisotopic (exact) mass is 1300 g/mol. The number of aromatic nitrogens is 4. The molecule has 0 fully saturated rings. The molecule has 18 heteroatoms. The smallest absolute Gasteiger partial charge is 0.657 e. The minimum absolute atomic E-state index is 0. The van der Waals surface area contributed by atoms with Crippen molar-refractivity contribution in [3.05, 3.63) is 119 Å². The Balaban J connectivity index is 0.0000118. The summed E-state index contributed by atoms with van der Waals surface area (Å²) < 4.78 is 47.5. The molecule has 8 rings (SSSR count). The minimum atomic E-state index is -2.26. The predicted octanol–water partition coefficient (Wildman–Crippen LogP) is 15.4. The van der Waals surface area contributed by atoms with Crippen LogP contribution in [0.3, 0.4) is 0 Å². The summed E-state index contributed by atoms with van der Waals surface area (Å²) in [4.78, 5) is 71.9. The van der Waals surface area contributed by atoms with E-state index in [0.717, 1.165) is 11.1 Å². The molecule has 0 atom stereocenters. The Kier molecular flexibility index (Phi) is 26.4. The summed E-state index contributed by atoms with van der Waals surface area (Å²) in [6, 6.07) is 29.1. The van der Waals surface area contributed by atoms with Crippen LogP contribution >= 0.6 is 0 Å². The van der Waals surface area contributed by atoms with Crippen molar-refractivity contribution in [1.82, 2.24) is 19.9 Å². The zero-order valence-corrected chi connectivity index (χ0v) is 58.4. The maximum Gasteiger partial charge on any atom is 2.00 e. The molecule has 3 aromatic heterocycles. The van der Waals surface area contributed by atoms with E-state index in [0.29, 0.717) is 138 Å². The van der Waals surface area contributed by atoms with Gasteiger partial charge in [0.05, 0.1) is 86.8 Å². The van der Waals surface area contributed by atoms with Crippen molar-refractivity contribution in [2.75, 3.05) is 52.9 Å². The summed E-state index contributed by atoms with van der Waals surface area (Å²) in [6.07, 6.45) is 10.1. The van der Waals surface area contributed by atoms with Crippen molar-refractivity contribution in [1.29, 1.82) is 0 Å². The largest absolute Gasteiger partial charge is 2.00 e. The quantitative estimate of drug-likeness (QED) is 0.0135. The molecule has 16 nitrogen and oxygen atoms in total. The number of carbonyl (C=O) groups is 4. The van der Waals surface area contributed by atoms with E-state index >= 15 is 0 Å². The van der Waals surface area contributed by atoms with Crippen LogP contribution in [-0.4, -0.2) is 94.8 Å². The summed E-state index contributed by atoms with van der Waals surface area (Å²) in [6.45, 7) is 22.8. The Bertz CT molecular complexity index is 3610. The predicted molar refractivity (Wildman–Crippen MR) is 356 cm³/mol. The van der Waals surface area contributed by atoms with Gasteiger partial charge in [0.2, 0.25) is 0 Å². The van der Waals surface area contributed by atoms with Gasteiger partial charge in [-0.15, -0.1) is 27.6 Å². The number of hydrogen-bond donors (Lipinski definition) is 0. The summed E-state index contributed by atoms with van der Waals surface area (Å²) in [5.74, 6) is 4.44. The van der Waals surface area contributed by atoms with E-state index in [-0.39, 0.29) is 122 Å². The first kappa shape index (κ1) is 70.2. The fourth-order valence-electron chi connectivity index (χ4n) is 11.8. The van der Waals surface area contributed by atoms with Crippen LogP contribution in [0.4, 0.5) is 0 Å². The number of nitrogens with zero attached hydrogens (tertiary/aromatic N) is 4. The zero-order valence-electron chi connectivity index (χ0n) is 54.4. The molecule has 0 spiro atoms. The SMILES string of the molecule is CCOC(=O)CCCOc1cccc(OCCCC(=O)OCC)c1-c1c2nc(c(-c3ccccc3C#C[Si](C(C)C)(C(C)C)C(C)C)c3ccc([n-]3)c(-c3c(OCCCC(=O)OCC)cccc3OCCCC(=O)OCC)c3nc(cc4ccc1[n-]4)C=C3)C=C2.[Zn+2]. The third kappa shape index (κ3) is 17.8. The average Bonchev–Trinajstić information content (AvgIpc) is 1.70. The van der Waals surface area contributed by atoms with Gasteiger partial charge in [0.1, 0.15) is 31.1 Å². The molecule has 2 aliphatic heterocycles. The number of ether oxygens (including phenoxy) is 8. The number of fused-ring (bicyclic) bond motifs is 8. The van der Waals surface area contributed by atoms with Gasteiger partial charge in [-0.25, -0.2) is 9.97 Å². The van der Waals surface area contributed by atoms with Crippen LogP contribution in [-0.2, 0) is 57.6 Å². The second-order valence-corrected chi connectivity index (χ2v) is 28.3. The van der Waals surface area contributed by atoms with Crippen LogP contribution in [0.25, 0.3) is 79.8 Å². The molecule has 0 N–H and O–H groups in total. The van der Waals surface area contributed by atoms with Gasteiger partial charge >= 0.3 is 43.4 Å². The third-order valence-electron chi connectivity index (χ3n) is 15.7. The van der Waals surface area contributed by atoms with Crippen molar-refractivity contribution in [2.24, 2.45) is 0 Å². The summed E-state index contributed by atoms with van der Waals surface area (Å²) in [5, 5.41) is 0. The Morgan fingerprint density at radius 2 is 0.835 bits per heavy atom. The van der Waals surface area contributed by atoms with Crippen molar-refractivity contribution in [3.63, 3.8) is 0 Å². The van der Waals surface area contributed by atoms with Gasteiger partial charge in [-0.05, 0) is 136 Å². The molecule has 0 saturated heterocycles. The first-order valence-electron chi connectivity index (χ1n) is 31.7. The molecular weight excluding hydrogens is 1220 g/mol. The van der Waals surface area contributed by atoms with Gasteiger partial charge in [0, 0.05) is 42.4 Å². The summed E-state index contributed by atoms with van der Waals surface area (Å²) in [5.41, 5.74) is 14.5. The first-order chi connectivity index (χ1) is 43.6. The maximum absolute atomic E-state index is 12.5. The molecule has 8 bridgehead atoms. The van der Waals surface area contributed by atoms with E-state index in [2.05, 4.69) is 65.1 Å². The number of benzene rings is 3. The van der Waals surface area contributed by atoms with Crippen molar-refractivity contribution in [2.45, 2.75) is 137 Å². The van der Waals surface area contributed by atoms with Crippen LogP contribution in [0.15, 0.2) is 91.0 Å². The van der Waals surface area contributed by atoms with Crippen molar-refractivity contribution < 1.29 is 76.6 Å². The van der Waals surface area contributed by atoms with Crippen LogP contribution < -0.4 is 28.9 Å². The van der Waals surface area contributed by atoms with Gasteiger partial charge in [-0.2, -0.15) is 0 Å². The van der Waals surface area contributed by atoms with E-state index in [9.17, 15) is 19.2 Å². The van der Waals surface area contributed by atoms with Crippen LogP contribution in [0.1, 0.15) is 149 Å². The maximum atomic E-state index is 12.5. The van der Waals surface area contributed by atoms with E-state index in [4.69, 9.17) is 57.8 Å². The number of esters is 4. The van der Waals surface area contributed by atoms with Crippen LogP contribution in [0.5, 0.6) is 23.0 Å². The molecule has 0 aliphatic carbocycles. The Morgan fingerprint density at radius 3 is 1.27 bits per heavy atom. The third-order valence-corrected chi connectivity index (χ3v) is 22.0. The molecule has 0 radical (unpaired) electrons. The minimum Gasteiger partial charge on any atom is -0.657 e. The Morgan fingerprint density at radius 1 is 0.451 bits per heavy atom.